The maximum Gasteiger partial charge on any atom is 0.225 e. The van der Waals surface area contributed by atoms with Gasteiger partial charge in [-0.2, -0.15) is 0 Å². The third kappa shape index (κ3) is 4.76. The van der Waals surface area contributed by atoms with Gasteiger partial charge in [0.25, 0.3) is 0 Å². The van der Waals surface area contributed by atoms with Gasteiger partial charge in [-0.15, -0.1) is 0 Å². The summed E-state index contributed by atoms with van der Waals surface area (Å²) < 4.78 is 13.6. The second kappa shape index (κ2) is 8.07. The van der Waals surface area contributed by atoms with E-state index in [4.69, 9.17) is 0 Å². The van der Waals surface area contributed by atoms with Gasteiger partial charge in [0.05, 0.1) is 11.9 Å². The highest BCUT2D eigenvalue weighted by Gasteiger charge is 2.14. The quantitative estimate of drug-likeness (QED) is 0.907. The van der Waals surface area contributed by atoms with Crippen molar-refractivity contribution in [2.24, 2.45) is 0 Å². The van der Waals surface area contributed by atoms with E-state index in [0.29, 0.717) is 17.8 Å². The number of pyridine rings is 1. The standard InChI is InChI=1S/C19H23FN4O/c1-23-10-12-24(13-11-23)16-7-8-18(21-14-16)22-19(25)9-6-15-4-2-3-5-17(15)20/h2-5,7-8,14H,6,9-13H2,1H3,(H,21,22,25). The molecule has 3 rings (SSSR count). The minimum Gasteiger partial charge on any atom is -0.368 e. The third-order valence-electron chi connectivity index (χ3n) is 4.46. The molecule has 132 valence electrons. The summed E-state index contributed by atoms with van der Waals surface area (Å²) in [4.78, 5) is 20.9. The van der Waals surface area contributed by atoms with Crippen LogP contribution in [0.15, 0.2) is 42.6 Å². The molecule has 0 aliphatic carbocycles. The van der Waals surface area contributed by atoms with Gasteiger partial charge in [-0.1, -0.05) is 18.2 Å². The van der Waals surface area contributed by atoms with Gasteiger partial charge in [-0.3, -0.25) is 4.79 Å². The molecule has 1 N–H and O–H groups in total. The maximum absolute atomic E-state index is 13.6. The molecule has 0 atom stereocenters. The Kier molecular flexibility index (Phi) is 5.60. The lowest BCUT2D eigenvalue weighted by Gasteiger charge is -2.33. The molecule has 0 bridgehead atoms. The average Bonchev–Trinajstić information content (AvgIpc) is 2.62. The van der Waals surface area contributed by atoms with Crippen molar-refractivity contribution in [2.45, 2.75) is 12.8 Å². The van der Waals surface area contributed by atoms with Gasteiger partial charge < -0.3 is 15.1 Å². The van der Waals surface area contributed by atoms with Crippen molar-refractivity contribution in [3.63, 3.8) is 0 Å². The van der Waals surface area contributed by atoms with E-state index in [1.54, 1.807) is 24.4 Å². The summed E-state index contributed by atoms with van der Waals surface area (Å²) in [5.41, 5.74) is 1.62. The molecule has 1 aliphatic rings. The molecule has 0 spiro atoms. The van der Waals surface area contributed by atoms with Gasteiger partial charge >= 0.3 is 0 Å². The number of likely N-dealkylation sites (N-methyl/N-ethyl adjacent to an activating group) is 1. The number of hydrogen-bond donors (Lipinski definition) is 1. The number of rotatable bonds is 5. The number of nitrogens with one attached hydrogen (secondary N) is 1. The largest absolute Gasteiger partial charge is 0.368 e. The highest BCUT2D eigenvalue weighted by Crippen LogP contribution is 2.17. The Labute approximate surface area is 147 Å². The van der Waals surface area contributed by atoms with E-state index in [9.17, 15) is 9.18 Å². The molecular formula is C19H23FN4O. The number of carbonyl (C=O) groups is 1. The fourth-order valence-electron chi connectivity index (χ4n) is 2.87. The van der Waals surface area contributed by atoms with Gasteiger partial charge in [0.2, 0.25) is 5.91 Å². The minimum absolute atomic E-state index is 0.164. The molecule has 0 radical (unpaired) electrons. The Balaban J connectivity index is 1.51. The lowest BCUT2D eigenvalue weighted by molar-refractivity contribution is -0.116. The van der Waals surface area contributed by atoms with Crippen molar-refractivity contribution in [3.05, 3.63) is 54.0 Å². The summed E-state index contributed by atoms with van der Waals surface area (Å²) in [6, 6.07) is 10.3. The number of aryl methyl sites for hydroxylation is 1. The molecule has 25 heavy (non-hydrogen) atoms. The second-order valence-electron chi connectivity index (χ2n) is 6.33. The van der Waals surface area contributed by atoms with E-state index < -0.39 is 0 Å². The summed E-state index contributed by atoms with van der Waals surface area (Å²) in [6.07, 6.45) is 2.39. The molecule has 0 unspecified atom stereocenters. The SMILES string of the molecule is CN1CCN(c2ccc(NC(=O)CCc3ccccc3F)nc2)CC1. The number of hydrogen-bond acceptors (Lipinski definition) is 4. The van der Waals surface area contributed by atoms with Crippen LogP contribution in [0.2, 0.25) is 0 Å². The van der Waals surface area contributed by atoms with Crippen LogP contribution in [0, 0.1) is 5.82 Å². The third-order valence-corrected chi connectivity index (χ3v) is 4.46. The van der Waals surface area contributed by atoms with E-state index in [-0.39, 0.29) is 18.1 Å². The Morgan fingerprint density at radius 3 is 2.60 bits per heavy atom. The molecule has 1 aromatic heterocycles. The van der Waals surface area contributed by atoms with Crippen LogP contribution in [0.1, 0.15) is 12.0 Å². The van der Waals surface area contributed by atoms with E-state index in [1.165, 1.54) is 6.07 Å². The number of benzene rings is 1. The van der Waals surface area contributed by atoms with Crippen LogP contribution < -0.4 is 10.2 Å². The van der Waals surface area contributed by atoms with E-state index >= 15 is 0 Å². The summed E-state index contributed by atoms with van der Waals surface area (Å²) in [6.45, 7) is 4.03. The van der Waals surface area contributed by atoms with Gasteiger partial charge in [-0.05, 0) is 37.2 Å². The normalized spacial score (nSPS) is 15.2. The van der Waals surface area contributed by atoms with Crippen LogP contribution >= 0.6 is 0 Å². The predicted molar refractivity (Wildman–Crippen MR) is 97.3 cm³/mol. The number of aromatic nitrogens is 1. The van der Waals surface area contributed by atoms with Crippen molar-refractivity contribution < 1.29 is 9.18 Å². The second-order valence-corrected chi connectivity index (χ2v) is 6.33. The number of anilines is 2. The zero-order valence-corrected chi connectivity index (χ0v) is 14.4. The molecule has 6 heteroatoms. The van der Waals surface area contributed by atoms with Crippen molar-refractivity contribution in [1.29, 1.82) is 0 Å². The monoisotopic (exact) mass is 342 g/mol. The first-order valence-electron chi connectivity index (χ1n) is 8.54. The molecular weight excluding hydrogens is 319 g/mol. The number of piperazine rings is 1. The van der Waals surface area contributed by atoms with Gasteiger partial charge in [0, 0.05) is 32.6 Å². The first-order chi connectivity index (χ1) is 12.1. The Hall–Kier alpha value is -2.47. The van der Waals surface area contributed by atoms with Gasteiger partial charge in [0.1, 0.15) is 11.6 Å². The highest BCUT2D eigenvalue weighted by molar-refractivity contribution is 5.89. The highest BCUT2D eigenvalue weighted by atomic mass is 19.1. The fourth-order valence-corrected chi connectivity index (χ4v) is 2.87. The summed E-state index contributed by atoms with van der Waals surface area (Å²) in [5.74, 6) is 0.0875. The summed E-state index contributed by atoms with van der Waals surface area (Å²) >= 11 is 0. The zero-order chi connectivity index (χ0) is 17.6. The molecule has 2 aromatic rings. The maximum atomic E-state index is 13.6. The van der Waals surface area contributed by atoms with Crippen LogP contribution in [0.3, 0.4) is 0 Å². The predicted octanol–water partition coefficient (Wildman–Crippen LogP) is 2.54. The number of amides is 1. The molecule has 0 saturated carbocycles. The lowest BCUT2D eigenvalue weighted by atomic mass is 10.1. The molecule has 5 nitrogen and oxygen atoms in total. The summed E-state index contributed by atoms with van der Waals surface area (Å²) in [7, 11) is 2.12. The minimum atomic E-state index is -0.273. The van der Waals surface area contributed by atoms with Crippen molar-refractivity contribution in [2.75, 3.05) is 43.4 Å². The molecule has 1 aromatic carbocycles. The van der Waals surface area contributed by atoms with Crippen LogP contribution in [-0.2, 0) is 11.2 Å². The molecule has 2 heterocycles. The molecule has 1 fully saturated rings. The van der Waals surface area contributed by atoms with Crippen LogP contribution in [-0.4, -0.2) is 49.0 Å². The average molecular weight is 342 g/mol. The molecule has 1 amide bonds. The van der Waals surface area contributed by atoms with E-state index in [2.05, 4.69) is 27.1 Å². The summed E-state index contributed by atoms with van der Waals surface area (Å²) in [5, 5.41) is 2.77. The van der Waals surface area contributed by atoms with Crippen LogP contribution in [0.25, 0.3) is 0 Å². The molecule has 1 saturated heterocycles. The lowest BCUT2D eigenvalue weighted by Crippen LogP contribution is -2.44. The van der Waals surface area contributed by atoms with Crippen molar-refractivity contribution in [3.8, 4) is 0 Å². The Bertz CT molecular complexity index is 712. The van der Waals surface area contributed by atoms with Crippen molar-refractivity contribution in [1.82, 2.24) is 9.88 Å². The smallest absolute Gasteiger partial charge is 0.225 e. The number of nitrogens with zero attached hydrogens (tertiary/aromatic N) is 3. The zero-order valence-electron chi connectivity index (χ0n) is 14.4. The fraction of sp³-hybridized carbons (Fsp3) is 0.368. The Morgan fingerprint density at radius 1 is 1.16 bits per heavy atom. The Morgan fingerprint density at radius 2 is 1.92 bits per heavy atom. The first-order valence-corrected chi connectivity index (χ1v) is 8.54. The van der Waals surface area contributed by atoms with E-state index in [0.717, 1.165) is 31.9 Å². The van der Waals surface area contributed by atoms with Crippen LogP contribution in [0.5, 0.6) is 0 Å². The van der Waals surface area contributed by atoms with E-state index in [1.807, 2.05) is 12.1 Å². The van der Waals surface area contributed by atoms with Gasteiger partial charge in [0.15, 0.2) is 0 Å². The van der Waals surface area contributed by atoms with Crippen LogP contribution in [0.4, 0.5) is 15.9 Å². The van der Waals surface area contributed by atoms with Gasteiger partial charge in [-0.25, -0.2) is 9.37 Å². The first kappa shape index (κ1) is 17.4. The number of carbonyl (C=O) groups excluding carboxylic acids is 1. The number of halogens is 1. The molecule has 1 aliphatic heterocycles. The van der Waals surface area contributed by atoms with Crippen molar-refractivity contribution >= 4 is 17.4 Å². The topological polar surface area (TPSA) is 48.5 Å².